The summed E-state index contributed by atoms with van der Waals surface area (Å²) in [4.78, 5) is 17.1. The first kappa shape index (κ1) is 21.2. The van der Waals surface area contributed by atoms with Crippen LogP contribution in [0.15, 0.2) is 70.3 Å². The van der Waals surface area contributed by atoms with Crippen LogP contribution in [0.2, 0.25) is 0 Å². The number of amidine groups is 2. The Balaban J connectivity index is 1.54. The predicted molar refractivity (Wildman–Crippen MR) is 135 cm³/mol. The summed E-state index contributed by atoms with van der Waals surface area (Å²) in [6.07, 6.45) is 1.76. The predicted octanol–water partition coefficient (Wildman–Crippen LogP) is 5.38. The molecular formula is C26H23N5OS. The van der Waals surface area contributed by atoms with E-state index in [1.807, 2.05) is 43.3 Å². The maximum atomic E-state index is 12.9. The molecule has 1 amide bonds. The van der Waals surface area contributed by atoms with Gasteiger partial charge < -0.3 is 4.57 Å². The van der Waals surface area contributed by atoms with Crippen molar-refractivity contribution in [3.05, 3.63) is 93.8 Å². The van der Waals surface area contributed by atoms with Crippen molar-refractivity contribution >= 4 is 39.8 Å². The Bertz CT molecular complexity index is 1410. The number of hydrazone groups is 1. The fourth-order valence-corrected chi connectivity index (χ4v) is 5.02. The van der Waals surface area contributed by atoms with Gasteiger partial charge in [-0.1, -0.05) is 42.5 Å². The molecule has 5 rings (SSSR count). The summed E-state index contributed by atoms with van der Waals surface area (Å²) in [6.45, 7) is 8.30. The molecule has 0 saturated carbocycles. The quantitative estimate of drug-likeness (QED) is 0.541. The summed E-state index contributed by atoms with van der Waals surface area (Å²) in [6, 6.07) is 18.0. The summed E-state index contributed by atoms with van der Waals surface area (Å²) in [5, 5.41) is 15.8. The Labute approximate surface area is 196 Å². The van der Waals surface area contributed by atoms with Crippen molar-refractivity contribution in [3.8, 4) is 5.69 Å². The number of hydrogen-bond acceptors (Lipinski definition) is 4. The number of aliphatic imine (C=N–C) groups is 1. The van der Waals surface area contributed by atoms with Gasteiger partial charge in [-0.2, -0.15) is 15.1 Å². The number of thioether (sulfide) groups is 1. The zero-order valence-corrected chi connectivity index (χ0v) is 19.7. The number of hydrogen-bond donors (Lipinski definition) is 1. The number of nitrogens with zero attached hydrogens (tertiary/aromatic N) is 4. The van der Waals surface area contributed by atoms with Gasteiger partial charge in [-0.3, -0.25) is 10.2 Å². The molecule has 0 fully saturated rings. The minimum atomic E-state index is -0.417. The van der Waals surface area contributed by atoms with Gasteiger partial charge in [-0.25, -0.2) is 0 Å². The lowest BCUT2D eigenvalue weighted by Gasteiger charge is -2.20. The first-order valence-corrected chi connectivity index (χ1v) is 11.5. The molecule has 2 aromatic carbocycles. The average Bonchev–Trinajstić information content (AvgIpc) is 3.34. The lowest BCUT2D eigenvalue weighted by atomic mass is 10.1. The Morgan fingerprint density at radius 3 is 2.52 bits per heavy atom. The van der Waals surface area contributed by atoms with E-state index >= 15 is 0 Å². The standard InChI is InChI=1S/C26H23N5OS/c1-15-9-8-12-22(17(15)3)30-16(2)13-20(18(30)4)14-21-23(27)31-26(28-24(21)32)33-25(29-31)19-10-6-5-7-11-19/h5-14,27H,1-4H3. The van der Waals surface area contributed by atoms with Crippen LogP contribution in [0.25, 0.3) is 11.8 Å². The smallest absolute Gasteiger partial charge is 0.283 e. The van der Waals surface area contributed by atoms with Crippen LogP contribution in [0.5, 0.6) is 0 Å². The highest BCUT2D eigenvalue weighted by Crippen LogP contribution is 2.32. The van der Waals surface area contributed by atoms with Gasteiger partial charge >= 0.3 is 0 Å². The summed E-state index contributed by atoms with van der Waals surface area (Å²) in [5.74, 6) is -0.375. The van der Waals surface area contributed by atoms with Gasteiger partial charge in [0.05, 0.1) is 5.57 Å². The third kappa shape index (κ3) is 3.54. The SMILES string of the molecule is Cc1cccc(-n2c(C)cc(C=C3C(=N)N4N=C(c5ccccc5)SC4=NC3=O)c2C)c1C. The van der Waals surface area contributed by atoms with Gasteiger partial charge in [0, 0.05) is 22.6 Å². The van der Waals surface area contributed by atoms with Gasteiger partial charge in [0.25, 0.3) is 5.91 Å². The molecule has 0 unspecified atom stereocenters. The first-order valence-electron chi connectivity index (χ1n) is 10.7. The number of amides is 1. The first-order chi connectivity index (χ1) is 15.8. The van der Waals surface area contributed by atoms with E-state index in [-0.39, 0.29) is 11.4 Å². The number of aromatic nitrogens is 1. The minimum absolute atomic E-state index is 0.0416. The van der Waals surface area contributed by atoms with Crippen LogP contribution in [0.4, 0.5) is 0 Å². The number of nitrogens with one attached hydrogen (secondary N) is 1. The van der Waals surface area contributed by atoms with Gasteiger partial charge in [0.15, 0.2) is 5.84 Å². The highest BCUT2D eigenvalue weighted by Gasteiger charge is 2.36. The second-order valence-electron chi connectivity index (χ2n) is 8.17. The molecule has 1 aromatic heterocycles. The maximum absolute atomic E-state index is 12.9. The lowest BCUT2D eigenvalue weighted by Crippen LogP contribution is -2.35. The number of carbonyl (C=O) groups excluding carboxylic acids is 1. The summed E-state index contributed by atoms with van der Waals surface area (Å²) in [7, 11) is 0. The second-order valence-corrected chi connectivity index (χ2v) is 9.13. The molecule has 0 saturated heterocycles. The van der Waals surface area contributed by atoms with Crippen molar-refractivity contribution in [1.82, 2.24) is 9.58 Å². The van der Waals surface area contributed by atoms with Gasteiger partial charge in [0.2, 0.25) is 5.17 Å². The fourth-order valence-electron chi connectivity index (χ4n) is 4.13. The van der Waals surface area contributed by atoms with E-state index in [9.17, 15) is 4.79 Å². The molecule has 0 spiro atoms. The Morgan fingerprint density at radius 1 is 1.00 bits per heavy atom. The molecule has 0 bridgehead atoms. The monoisotopic (exact) mass is 453 g/mol. The van der Waals surface area contributed by atoms with Crippen molar-refractivity contribution in [1.29, 1.82) is 5.41 Å². The molecule has 2 aliphatic rings. The highest BCUT2D eigenvalue weighted by molar-refractivity contribution is 8.27. The van der Waals surface area contributed by atoms with Gasteiger partial charge in [-0.15, -0.1) is 0 Å². The van der Waals surface area contributed by atoms with Crippen molar-refractivity contribution < 1.29 is 4.79 Å². The van der Waals surface area contributed by atoms with Gasteiger partial charge in [0.1, 0.15) is 5.04 Å². The van der Waals surface area contributed by atoms with E-state index in [0.29, 0.717) is 5.17 Å². The molecule has 7 heteroatoms. The van der Waals surface area contributed by atoms with Crippen LogP contribution >= 0.6 is 11.8 Å². The molecule has 3 aromatic rings. The van der Waals surface area contributed by atoms with E-state index in [0.717, 1.165) is 33.2 Å². The lowest BCUT2D eigenvalue weighted by molar-refractivity contribution is -0.114. The Kier molecular flexibility index (Phi) is 5.13. The summed E-state index contributed by atoms with van der Waals surface area (Å²) < 4.78 is 2.19. The van der Waals surface area contributed by atoms with E-state index in [2.05, 4.69) is 53.6 Å². The average molecular weight is 454 g/mol. The largest absolute Gasteiger partial charge is 0.318 e. The van der Waals surface area contributed by atoms with Crippen molar-refractivity contribution in [2.45, 2.75) is 27.7 Å². The number of aryl methyl sites for hydroxylation is 2. The molecule has 33 heavy (non-hydrogen) atoms. The maximum Gasteiger partial charge on any atom is 0.283 e. The normalized spacial score (nSPS) is 16.8. The molecule has 2 aliphatic heterocycles. The molecule has 0 aliphatic carbocycles. The molecule has 1 N–H and O–H groups in total. The van der Waals surface area contributed by atoms with Crippen LogP contribution in [0, 0.1) is 33.1 Å². The Morgan fingerprint density at radius 2 is 1.76 bits per heavy atom. The van der Waals surface area contributed by atoms with Crippen LogP contribution < -0.4 is 0 Å². The van der Waals surface area contributed by atoms with Crippen LogP contribution in [0.1, 0.15) is 33.6 Å². The van der Waals surface area contributed by atoms with Gasteiger partial charge in [-0.05, 0) is 74.4 Å². The van der Waals surface area contributed by atoms with E-state index in [1.54, 1.807) is 6.08 Å². The van der Waals surface area contributed by atoms with E-state index < -0.39 is 5.91 Å². The van der Waals surface area contributed by atoms with Crippen molar-refractivity contribution in [3.63, 3.8) is 0 Å². The zero-order valence-electron chi connectivity index (χ0n) is 18.9. The van der Waals surface area contributed by atoms with Crippen LogP contribution in [0.3, 0.4) is 0 Å². The second kappa shape index (κ2) is 8.01. The third-order valence-corrected chi connectivity index (χ3v) is 7.02. The van der Waals surface area contributed by atoms with E-state index in [1.165, 1.54) is 27.9 Å². The number of benzene rings is 2. The molecule has 6 nitrogen and oxygen atoms in total. The number of rotatable bonds is 3. The minimum Gasteiger partial charge on any atom is -0.318 e. The molecule has 0 radical (unpaired) electrons. The van der Waals surface area contributed by atoms with Crippen molar-refractivity contribution in [2.24, 2.45) is 10.1 Å². The van der Waals surface area contributed by atoms with Crippen LogP contribution in [-0.4, -0.2) is 31.5 Å². The number of carbonyl (C=O) groups is 1. The fraction of sp³-hybridized carbons (Fsp3) is 0.154. The van der Waals surface area contributed by atoms with E-state index in [4.69, 9.17) is 5.41 Å². The van der Waals surface area contributed by atoms with Crippen molar-refractivity contribution in [2.75, 3.05) is 0 Å². The molecule has 3 heterocycles. The topological polar surface area (TPSA) is 73.8 Å². The molecule has 0 atom stereocenters. The number of fused-ring (bicyclic) bond motifs is 1. The third-order valence-electron chi connectivity index (χ3n) is 6.06. The highest BCUT2D eigenvalue weighted by atomic mass is 32.2. The summed E-state index contributed by atoms with van der Waals surface area (Å²) in [5.41, 5.74) is 7.69. The molecular weight excluding hydrogens is 430 g/mol. The Hall–Kier alpha value is -3.71. The van der Waals surface area contributed by atoms with Crippen LogP contribution in [-0.2, 0) is 4.79 Å². The zero-order chi connectivity index (χ0) is 23.3. The molecule has 164 valence electrons. The summed E-state index contributed by atoms with van der Waals surface area (Å²) >= 11 is 1.31.